The van der Waals surface area contributed by atoms with Gasteiger partial charge in [-0.25, -0.2) is 0 Å². The molecule has 4 rings (SSSR count). The van der Waals surface area contributed by atoms with Gasteiger partial charge < -0.3 is 5.32 Å². The van der Waals surface area contributed by atoms with Crippen LogP contribution in [0.25, 0.3) is 15.7 Å². The Balaban J connectivity index is 1.65. The van der Waals surface area contributed by atoms with Crippen molar-refractivity contribution in [3.8, 4) is 0 Å². The van der Waals surface area contributed by atoms with Crippen molar-refractivity contribution < 1.29 is 4.79 Å². The molecule has 0 saturated heterocycles. The van der Waals surface area contributed by atoms with Crippen LogP contribution in [0.2, 0.25) is 0 Å². The molecule has 144 valence electrons. The fourth-order valence-electron chi connectivity index (χ4n) is 3.40. The molecule has 0 aliphatic carbocycles. The maximum atomic E-state index is 13.0. The Bertz CT molecular complexity index is 1160. The van der Waals surface area contributed by atoms with Crippen LogP contribution in [0.15, 0.2) is 40.7 Å². The van der Waals surface area contributed by atoms with Crippen molar-refractivity contribution in [2.45, 2.75) is 44.4 Å². The Morgan fingerprint density at radius 1 is 1.18 bits per heavy atom. The quantitative estimate of drug-likeness (QED) is 0.449. The second kappa shape index (κ2) is 7.56. The van der Waals surface area contributed by atoms with Crippen LogP contribution in [0.1, 0.15) is 30.3 Å². The summed E-state index contributed by atoms with van der Waals surface area (Å²) in [5.41, 5.74) is 5.19. The van der Waals surface area contributed by atoms with Crippen LogP contribution >= 0.6 is 23.1 Å². The number of carbonyl (C=O) groups is 1. The third-order valence-corrected chi connectivity index (χ3v) is 7.10. The molecule has 0 bridgehead atoms. The number of thioether (sulfide) groups is 1. The Kier molecular flexibility index (Phi) is 5.12. The number of amides is 1. The molecule has 0 aliphatic heterocycles. The molecule has 0 spiro atoms. The fourth-order valence-corrected chi connectivity index (χ4v) is 5.17. The predicted molar refractivity (Wildman–Crippen MR) is 118 cm³/mol. The molecular weight excluding hydrogens is 388 g/mol. The summed E-state index contributed by atoms with van der Waals surface area (Å²) in [5, 5.41) is 14.5. The summed E-state index contributed by atoms with van der Waals surface area (Å²) < 4.78 is 3.32. The van der Waals surface area contributed by atoms with Crippen LogP contribution in [-0.4, -0.2) is 25.8 Å². The molecule has 1 aromatic carbocycles. The van der Waals surface area contributed by atoms with E-state index in [2.05, 4.69) is 37.4 Å². The third-order valence-electron chi connectivity index (χ3n) is 4.90. The molecule has 1 atom stereocenters. The van der Waals surface area contributed by atoms with Gasteiger partial charge in [0.15, 0.2) is 0 Å². The van der Waals surface area contributed by atoms with Gasteiger partial charge in [-0.1, -0.05) is 36.9 Å². The summed E-state index contributed by atoms with van der Waals surface area (Å²) in [7, 11) is 0. The molecule has 5 nitrogen and oxygen atoms in total. The zero-order valence-electron chi connectivity index (χ0n) is 16.3. The average Bonchev–Trinajstić information content (AvgIpc) is 3.26. The minimum absolute atomic E-state index is 0.00112. The summed E-state index contributed by atoms with van der Waals surface area (Å²) in [5.74, 6) is 0.847. The van der Waals surface area contributed by atoms with Crippen molar-refractivity contribution in [2.24, 2.45) is 0 Å². The van der Waals surface area contributed by atoms with Crippen LogP contribution in [0, 0.1) is 20.8 Å². The van der Waals surface area contributed by atoms with E-state index in [0.717, 1.165) is 38.7 Å². The first kappa shape index (κ1) is 19.0. The van der Waals surface area contributed by atoms with Crippen molar-refractivity contribution in [1.29, 1.82) is 0 Å². The molecule has 1 amide bonds. The van der Waals surface area contributed by atoms with Crippen LogP contribution in [-0.2, 0) is 4.79 Å². The van der Waals surface area contributed by atoms with Crippen LogP contribution in [0.5, 0.6) is 0 Å². The monoisotopic (exact) mass is 410 g/mol. The van der Waals surface area contributed by atoms with E-state index in [9.17, 15) is 4.79 Å². The maximum Gasteiger partial charge on any atom is 0.237 e. The smallest absolute Gasteiger partial charge is 0.237 e. The van der Waals surface area contributed by atoms with Crippen molar-refractivity contribution >= 4 is 50.4 Å². The minimum atomic E-state index is -0.243. The van der Waals surface area contributed by atoms with Crippen LogP contribution in [0.4, 0.5) is 5.69 Å². The molecule has 4 aromatic rings. The van der Waals surface area contributed by atoms with Gasteiger partial charge in [-0.3, -0.25) is 9.20 Å². The van der Waals surface area contributed by atoms with Gasteiger partial charge in [0.05, 0.1) is 21.0 Å². The van der Waals surface area contributed by atoms with Gasteiger partial charge in [-0.15, -0.1) is 21.5 Å². The van der Waals surface area contributed by atoms with Crippen LogP contribution in [0.3, 0.4) is 0 Å². The second-order valence-electron chi connectivity index (χ2n) is 6.86. The molecule has 0 unspecified atom stereocenters. The van der Waals surface area contributed by atoms with Gasteiger partial charge in [0.1, 0.15) is 10.9 Å². The molecule has 0 saturated carbocycles. The van der Waals surface area contributed by atoms with Gasteiger partial charge in [0.2, 0.25) is 5.91 Å². The number of thiophene rings is 1. The number of aryl methyl sites for hydroxylation is 3. The predicted octanol–water partition coefficient (Wildman–Crippen LogP) is 5.38. The molecule has 0 radical (unpaired) electrons. The zero-order chi connectivity index (χ0) is 19.8. The first-order valence-electron chi connectivity index (χ1n) is 9.25. The maximum absolute atomic E-state index is 13.0. The second-order valence-corrected chi connectivity index (χ2v) is 9.00. The molecule has 0 aliphatic rings. The van der Waals surface area contributed by atoms with E-state index >= 15 is 0 Å². The SMILES string of the molecule is CC[C@@H](Sc1nnc(C)n2c1cc1sccc12)C(=O)Nc1c(C)cccc1C. The lowest BCUT2D eigenvalue weighted by Gasteiger charge is -2.17. The zero-order valence-corrected chi connectivity index (χ0v) is 17.9. The Labute approximate surface area is 172 Å². The summed E-state index contributed by atoms with van der Waals surface area (Å²) >= 11 is 3.18. The van der Waals surface area contributed by atoms with Gasteiger partial charge in [-0.2, -0.15) is 0 Å². The van der Waals surface area contributed by atoms with Gasteiger partial charge >= 0.3 is 0 Å². The first-order chi connectivity index (χ1) is 13.5. The van der Waals surface area contributed by atoms with Crippen molar-refractivity contribution in [2.75, 3.05) is 5.32 Å². The highest BCUT2D eigenvalue weighted by molar-refractivity contribution is 8.00. The summed E-state index contributed by atoms with van der Waals surface area (Å²) in [6, 6.07) is 10.3. The molecule has 28 heavy (non-hydrogen) atoms. The number of rotatable bonds is 5. The lowest BCUT2D eigenvalue weighted by molar-refractivity contribution is -0.115. The van der Waals surface area contributed by atoms with E-state index < -0.39 is 0 Å². The normalized spacial score (nSPS) is 12.6. The summed E-state index contributed by atoms with van der Waals surface area (Å²) in [4.78, 5) is 13.0. The largest absolute Gasteiger partial charge is 0.325 e. The van der Waals surface area contributed by atoms with Crippen molar-refractivity contribution in [3.63, 3.8) is 0 Å². The Hall–Kier alpha value is -2.38. The lowest BCUT2D eigenvalue weighted by atomic mass is 10.1. The minimum Gasteiger partial charge on any atom is -0.325 e. The van der Waals surface area contributed by atoms with Crippen molar-refractivity contribution in [1.82, 2.24) is 14.6 Å². The number of hydrogen-bond acceptors (Lipinski definition) is 5. The lowest BCUT2D eigenvalue weighted by Crippen LogP contribution is -2.25. The van der Waals surface area contributed by atoms with E-state index in [1.54, 1.807) is 11.3 Å². The molecule has 3 aromatic heterocycles. The molecule has 3 heterocycles. The van der Waals surface area contributed by atoms with Crippen LogP contribution < -0.4 is 5.32 Å². The number of nitrogens with one attached hydrogen (secondary N) is 1. The van der Waals surface area contributed by atoms with Gasteiger partial charge in [0.25, 0.3) is 0 Å². The molecular formula is C21H22N4OS2. The number of carbonyl (C=O) groups excluding carboxylic acids is 1. The number of benzene rings is 1. The van der Waals surface area contributed by atoms with E-state index in [4.69, 9.17) is 0 Å². The number of para-hydroxylation sites is 1. The summed E-state index contributed by atoms with van der Waals surface area (Å²) in [6.07, 6.45) is 0.707. The molecule has 7 heteroatoms. The van der Waals surface area contributed by atoms with E-state index in [1.165, 1.54) is 16.5 Å². The number of nitrogens with zero attached hydrogens (tertiary/aromatic N) is 3. The topological polar surface area (TPSA) is 59.3 Å². The van der Waals surface area contributed by atoms with Gasteiger partial charge in [-0.05, 0) is 55.8 Å². The van der Waals surface area contributed by atoms with E-state index in [0.29, 0.717) is 6.42 Å². The highest BCUT2D eigenvalue weighted by atomic mass is 32.2. The van der Waals surface area contributed by atoms with E-state index in [1.807, 2.05) is 45.9 Å². The van der Waals surface area contributed by atoms with Crippen molar-refractivity contribution in [3.05, 3.63) is 52.7 Å². The third kappa shape index (κ3) is 3.29. The number of aromatic nitrogens is 3. The Morgan fingerprint density at radius 3 is 2.64 bits per heavy atom. The molecule has 1 N–H and O–H groups in total. The Morgan fingerprint density at radius 2 is 1.93 bits per heavy atom. The number of anilines is 1. The average molecular weight is 411 g/mol. The highest BCUT2D eigenvalue weighted by Gasteiger charge is 2.22. The number of hydrogen-bond donors (Lipinski definition) is 1. The van der Waals surface area contributed by atoms with E-state index in [-0.39, 0.29) is 11.2 Å². The standard InChI is InChI=1S/C21H22N4OS2/c1-5-17(20(26)22-19-12(2)7-6-8-13(19)3)28-21-16-11-18-15(9-10-27-18)25(16)14(4)23-24-21/h6-11,17H,5H2,1-4H3,(H,22,26)/t17-/m1/s1. The molecule has 0 fully saturated rings. The van der Waals surface area contributed by atoms with Gasteiger partial charge in [0, 0.05) is 5.69 Å². The fraction of sp³-hybridized carbons (Fsp3) is 0.286. The first-order valence-corrected chi connectivity index (χ1v) is 11.0. The highest BCUT2D eigenvalue weighted by Crippen LogP contribution is 2.34. The summed E-state index contributed by atoms with van der Waals surface area (Å²) in [6.45, 7) is 8.01. The number of fused-ring (bicyclic) bond motifs is 3.